The van der Waals surface area contributed by atoms with Gasteiger partial charge in [-0.2, -0.15) is 4.31 Å². The Morgan fingerprint density at radius 1 is 1.03 bits per heavy atom. The number of nitrogens with one attached hydrogen (secondary N) is 1. The third kappa shape index (κ3) is 10.6. The van der Waals surface area contributed by atoms with Gasteiger partial charge in [-0.15, -0.1) is 0 Å². The molecule has 0 spiro atoms. The highest BCUT2D eigenvalue weighted by atomic mass is 32.2. The summed E-state index contributed by atoms with van der Waals surface area (Å²) in [6, 6.07) is 7.63. The van der Waals surface area contributed by atoms with Crippen molar-refractivity contribution in [3.05, 3.63) is 29.8 Å². The molecule has 1 saturated heterocycles. The van der Waals surface area contributed by atoms with Gasteiger partial charge in [0.1, 0.15) is 0 Å². The predicted molar refractivity (Wildman–Crippen MR) is 149 cm³/mol. The van der Waals surface area contributed by atoms with Crippen molar-refractivity contribution >= 4 is 25.8 Å². The van der Waals surface area contributed by atoms with Crippen molar-refractivity contribution in [1.82, 2.24) is 19.4 Å². The van der Waals surface area contributed by atoms with Gasteiger partial charge in [0.25, 0.3) is 0 Å². The number of nitrogens with zero attached hydrogens (tertiary/aromatic N) is 3. The van der Waals surface area contributed by atoms with E-state index in [-0.39, 0.29) is 24.2 Å². The normalized spacial score (nSPS) is 16.9. The molecule has 2 rings (SSSR count). The summed E-state index contributed by atoms with van der Waals surface area (Å²) in [6.45, 7) is 12.0. The van der Waals surface area contributed by atoms with Gasteiger partial charge >= 0.3 is 0 Å². The summed E-state index contributed by atoms with van der Waals surface area (Å²) in [6.07, 6.45) is 4.51. The Labute approximate surface area is 224 Å². The maximum Gasteiger partial charge on any atom is 0.237 e. The van der Waals surface area contributed by atoms with E-state index >= 15 is 0 Å². The van der Waals surface area contributed by atoms with Crippen LogP contribution in [0.25, 0.3) is 0 Å². The van der Waals surface area contributed by atoms with Crippen LogP contribution in [0.2, 0.25) is 0 Å². The van der Waals surface area contributed by atoms with Crippen LogP contribution in [-0.2, 0) is 31.1 Å². The van der Waals surface area contributed by atoms with Crippen molar-refractivity contribution < 1.29 is 21.6 Å². The minimum atomic E-state index is -3.46. The number of hydrogen-bond donors (Lipinski definition) is 1. The average molecular weight is 559 g/mol. The van der Waals surface area contributed by atoms with Gasteiger partial charge in [-0.05, 0) is 63.4 Å². The number of hydrogen-bond acceptors (Lipinski definition) is 7. The van der Waals surface area contributed by atoms with Crippen LogP contribution >= 0.6 is 0 Å². The highest BCUT2D eigenvalue weighted by molar-refractivity contribution is 7.90. The topological polar surface area (TPSA) is 107 Å². The number of sulfone groups is 1. The zero-order valence-corrected chi connectivity index (χ0v) is 24.8. The first kappa shape index (κ1) is 31.7. The van der Waals surface area contributed by atoms with Crippen LogP contribution in [0.1, 0.15) is 52.5 Å². The zero-order chi connectivity index (χ0) is 27.6. The summed E-state index contributed by atoms with van der Waals surface area (Å²) in [5, 5.41) is 3.13. The number of sulfonamides is 1. The van der Waals surface area contributed by atoms with Gasteiger partial charge in [0.2, 0.25) is 15.9 Å². The smallest absolute Gasteiger partial charge is 0.237 e. The van der Waals surface area contributed by atoms with Gasteiger partial charge in [0.05, 0.1) is 17.2 Å². The van der Waals surface area contributed by atoms with E-state index < -0.39 is 19.9 Å². The zero-order valence-electron chi connectivity index (χ0n) is 23.1. The lowest BCUT2D eigenvalue weighted by Gasteiger charge is -2.28. The average Bonchev–Trinajstić information content (AvgIpc) is 3.00. The molecule has 1 aliphatic heterocycles. The lowest BCUT2D eigenvalue weighted by molar-refractivity contribution is -0.130. The van der Waals surface area contributed by atoms with Crippen molar-refractivity contribution in [3.8, 4) is 0 Å². The second-order valence-electron chi connectivity index (χ2n) is 10.3. The van der Waals surface area contributed by atoms with Crippen molar-refractivity contribution in [2.24, 2.45) is 0 Å². The molecule has 0 saturated carbocycles. The van der Waals surface area contributed by atoms with Crippen LogP contribution in [0.4, 0.5) is 0 Å². The highest BCUT2D eigenvalue weighted by Crippen LogP contribution is 2.15. The SMILES string of the molecule is CCN(CCCCN1CCCN(S(=O)(=O)CCNC(C)C)CC1=O)C(C)Cc1ccc(S(C)(=O)=O)cc1. The second-order valence-corrected chi connectivity index (χ2v) is 14.4. The molecule has 9 nitrogen and oxygen atoms in total. The fourth-order valence-corrected chi connectivity index (χ4v) is 6.60. The largest absolute Gasteiger partial charge is 0.342 e. The Hall–Kier alpha value is -1.53. The Morgan fingerprint density at radius 2 is 1.70 bits per heavy atom. The molecule has 1 heterocycles. The quantitative estimate of drug-likeness (QED) is 0.328. The molecule has 1 fully saturated rings. The first-order valence-electron chi connectivity index (χ1n) is 13.4. The fourth-order valence-electron chi connectivity index (χ4n) is 4.62. The van der Waals surface area contributed by atoms with Crippen molar-refractivity contribution in [2.75, 3.05) is 57.8 Å². The molecule has 0 aromatic heterocycles. The maximum atomic E-state index is 12.8. The maximum absolute atomic E-state index is 12.8. The fraction of sp³-hybridized carbons (Fsp3) is 0.731. The van der Waals surface area contributed by atoms with E-state index in [0.29, 0.717) is 43.5 Å². The van der Waals surface area contributed by atoms with Gasteiger partial charge < -0.3 is 15.1 Å². The molecule has 11 heteroatoms. The van der Waals surface area contributed by atoms with Gasteiger partial charge in [-0.1, -0.05) is 32.9 Å². The standard InChI is InChI=1S/C26H46N4O5S2/c1-6-28(23(4)20-24-10-12-25(13-11-24)36(5,32)33)15-7-8-16-29-17-9-18-30(21-26(29)31)37(34,35)19-14-27-22(2)3/h10-13,22-23,27H,6-9,14-21H2,1-5H3. The summed E-state index contributed by atoms with van der Waals surface area (Å²) >= 11 is 0. The van der Waals surface area contributed by atoms with Gasteiger partial charge in [-0.25, -0.2) is 16.8 Å². The molecule has 1 atom stereocenters. The summed E-state index contributed by atoms with van der Waals surface area (Å²) in [5.41, 5.74) is 1.10. The first-order chi connectivity index (χ1) is 17.3. The molecule has 1 N–H and O–H groups in total. The van der Waals surface area contributed by atoms with Crippen molar-refractivity contribution in [3.63, 3.8) is 0 Å². The summed E-state index contributed by atoms with van der Waals surface area (Å²) in [7, 11) is -6.65. The number of carbonyl (C=O) groups excluding carboxylic acids is 1. The predicted octanol–water partition coefficient (Wildman–Crippen LogP) is 1.99. The Balaban J connectivity index is 1.79. The van der Waals surface area contributed by atoms with E-state index in [1.165, 1.54) is 10.6 Å². The molecular formula is C26H46N4O5S2. The minimum absolute atomic E-state index is 0.00530. The van der Waals surface area contributed by atoms with Crippen LogP contribution in [0, 0.1) is 0 Å². The number of carbonyl (C=O) groups is 1. The molecule has 0 aliphatic carbocycles. The van der Waals surface area contributed by atoms with E-state index in [2.05, 4.69) is 24.1 Å². The number of unbranched alkanes of at least 4 members (excludes halogenated alkanes) is 1. The van der Waals surface area contributed by atoms with Gasteiger partial charge in [-0.3, -0.25) is 4.79 Å². The molecular weight excluding hydrogens is 512 g/mol. The minimum Gasteiger partial charge on any atom is -0.342 e. The number of likely N-dealkylation sites (N-methyl/N-ethyl adjacent to an activating group) is 1. The molecule has 1 amide bonds. The van der Waals surface area contributed by atoms with E-state index in [1.807, 2.05) is 30.9 Å². The number of rotatable bonds is 15. The molecule has 1 aromatic carbocycles. The van der Waals surface area contributed by atoms with E-state index in [0.717, 1.165) is 37.9 Å². The van der Waals surface area contributed by atoms with Crippen LogP contribution in [-0.4, -0.2) is 107 Å². The van der Waals surface area contributed by atoms with Crippen molar-refractivity contribution in [2.45, 2.75) is 70.4 Å². The summed E-state index contributed by atoms with van der Waals surface area (Å²) < 4.78 is 50.1. The molecule has 212 valence electrons. The second kappa shape index (κ2) is 14.6. The number of benzene rings is 1. The molecule has 0 bridgehead atoms. The lowest BCUT2D eigenvalue weighted by atomic mass is 10.1. The monoisotopic (exact) mass is 558 g/mol. The van der Waals surface area contributed by atoms with E-state index in [1.54, 1.807) is 12.1 Å². The van der Waals surface area contributed by atoms with Gasteiger partial charge in [0, 0.05) is 44.5 Å². The molecule has 0 radical (unpaired) electrons. The Bertz CT molecular complexity index is 1060. The highest BCUT2D eigenvalue weighted by Gasteiger charge is 2.29. The summed E-state index contributed by atoms with van der Waals surface area (Å²) in [5.74, 6) is -0.109. The molecule has 1 unspecified atom stereocenters. The van der Waals surface area contributed by atoms with Crippen LogP contribution in [0.15, 0.2) is 29.2 Å². The Morgan fingerprint density at radius 3 is 2.30 bits per heavy atom. The van der Waals surface area contributed by atoms with Gasteiger partial charge in [0.15, 0.2) is 9.84 Å². The third-order valence-electron chi connectivity index (χ3n) is 6.84. The lowest BCUT2D eigenvalue weighted by Crippen LogP contribution is -2.42. The molecule has 1 aromatic rings. The molecule has 37 heavy (non-hydrogen) atoms. The van der Waals surface area contributed by atoms with Crippen LogP contribution in [0.5, 0.6) is 0 Å². The Kier molecular flexibility index (Phi) is 12.5. The first-order valence-corrected chi connectivity index (χ1v) is 16.9. The third-order valence-corrected chi connectivity index (χ3v) is 9.79. The van der Waals surface area contributed by atoms with Crippen LogP contribution in [0.3, 0.4) is 0 Å². The van der Waals surface area contributed by atoms with Crippen LogP contribution < -0.4 is 5.32 Å². The number of amides is 1. The molecule has 1 aliphatic rings. The van der Waals surface area contributed by atoms with E-state index in [9.17, 15) is 21.6 Å². The summed E-state index contributed by atoms with van der Waals surface area (Å²) in [4.78, 5) is 17.3. The van der Waals surface area contributed by atoms with Crippen molar-refractivity contribution in [1.29, 1.82) is 0 Å². The van der Waals surface area contributed by atoms with E-state index in [4.69, 9.17) is 0 Å².